The molecule has 9 nitrogen and oxygen atoms in total. The van der Waals surface area contributed by atoms with Gasteiger partial charge in [-0.3, -0.25) is 4.90 Å². The largest absolute Gasteiger partial charge is 0.465 e. The van der Waals surface area contributed by atoms with Gasteiger partial charge in [0.15, 0.2) is 5.13 Å². The number of aliphatic hydroxyl groups excluding tert-OH is 1. The van der Waals surface area contributed by atoms with Crippen molar-refractivity contribution in [1.29, 1.82) is 0 Å². The topological polar surface area (TPSA) is 124 Å². The summed E-state index contributed by atoms with van der Waals surface area (Å²) >= 11 is 1.44. The smallest absolute Gasteiger partial charge is 0.411 e. The van der Waals surface area contributed by atoms with E-state index in [1.807, 2.05) is 36.4 Å². The number of hydrogen-bond acceptors (Lipinski definition) is 8. The molecule has 10 heteroatoms. The maximum absolute atomic E-state index is 11.3. The first-order chi connectivity index (χ1) is 17.4. The van der Waals surface area contributed by atoms with Crippen molar-refractivity contribution >= 4 is 50.2 Å². The summed E-state index contributed by atoms with van der Waals surface area (Å²) in [5, 5.41) is 26.5. The highest BCUT2D eigenvalue weighted by molar-refractivity contribution is 7.22. The van der Waals surface area contributed by atoms with E-state index in [0.717, 1.165) is 47.2 Å². The lowest BCUT2D eigenvalue weighted by Crippen LogP contribution is -2.29. The minimum Gasteiger partial charge on any atom is -0.465 e. The molecule has 186 valence electrons. The molecule has 5 rings (SSSR count). The Morgan fingerprint density at radius 2 is 1.83 bits per heavy atom. The summed E-state index contributed by atoms with van der Waals surface area (Å²) in [6.07, 6.45) is 2.73. The van der Waals surface area contributed by atoms with Crippen LogP contribution in [0.2, 0.25) is 0 Å². The summed E-state index contributed by atoms with van der Waals surface area (Å²) in [5.74, 6) is 1.19. The van der Waals surface area contributed by atoms with E-state index >= 15 is 0 Å². The summed E-state index contributed by atoms with van der Waals surface area (Å²) in [4.78, 5) is 26.6. The highest BCUT2D eigenvalue weighted by atomic mass is 32.1. The number of benzene rings is 2. The summed E-state index contributed by atoms with van der Waals surface area (Å²) < 4.78 is 0.876. The number of carboxylic acid groups (broad SMARTS) is 1. The Morgan fingerprint density at radius 3 is 2.58 bits per heavy atom. The van der Waals surface area contributed by atoms with Crippen LogP contribution >= 0.6 is 11.3 Å². The molecular formula is C26H28N6O3S. The number of aromatic nitrogens is 3. The Bertz CT molecular complexity index is 1350. The molecule has 1 saturated carbocycles. The molecule has 1 aliphatic carbocycles. The minimum atomic E-state index is -1.02. The van der Waals surface area contributed by atoms with Crippen molar-refractivity contribution in [3.8, 4) is 0 Å². The van der Waals surface area contributed by atoms with Gasteiger partial charge in [-0.25, -0.2) is 14.8 Å². The third-order valence-corrected chi connectivity index (χ3v) is 7.25. The van der Waals surface area contributed by atoms with Crippen molar-refractivity contribution in [1.82, 2.24) is 15.0 Å². The van der Waals surface area contributed by atoms with Gasteiger partial charge in [0.2, 0.25) is 5.95 Å². The van der Waals surface area contributed by atoms with Crippen molar-refractivity contribution in [2.24, 2.45) is 0 Å². The first-order valence-electron chi connectivity index (χ1n) is 11.9. The van der Waals surface area contributed by atoms with Crippen LogP contribution in [0.15, 0.2) is 54.6 Å². The number of hydrogen-bond donors (Lipinski definition) is 4. The fourth-order valence-electron chi connectivity index (χ4n) is 4.32. The molecule has 4 aromatic rings. The summed E-state index contributed by atoms with van der Waals surface area (Å²) in [5.41, 5.74) is 3.40. The van der Waals surface area contributed by atoms with Gasteiger partial charge in [0.25, 0.3) is 0 Å². The van der Waals surface area contributed by atoms with Crippen LogP contribution in [0.4, 0.5) is 27.4 Å². The quantitative estimate of drug-likeness (QED) is 0.269. The van der Waals surface area contributed by atoms with E-state index in [0.29, 0.717) is 29.0 Å². The summed E-state index contributed by atoms with van der Waals surface area (Å²) in [6.45, 7) is 0. The number of fused-ring (bicyclic) bond motifs is 1. The molecule has 1 aliphatic rings. The number of aliphatic hydroxyl groups is 1. The zero-order valence-electron chi connectivity index (χ0n) is 19.9. The molecule has 0 aliphatic heterocycles. The highest BCUT2D eigenvalue weighted by Crippen LogP contribution is 2.31. The minimum absolute atomic E-state index is 0.222. The number of carbonyl (C=O) groups is 1. The van der Waals surface area contributed by atoms with Crippen LogP contribution in [0.25, 0.3) is 10.2 Å². The molecule has 1 amide bonds. The fourth-order valence-corrected chi connectivity index (χ4v) is 5.23. The molecule has 2 heterocycles. The van der Waals surface area contributed by atoms with Crippen molar-refractivity contribution in [3.05, 3.63) is 65.9 Å². The maximum Gasteiger partial charge on any atom is 0.411 e. The zero-order chi connectivity index (χ0) is 25.1. The number of amides is 1. The Kier molecular flexibility index (Phi) is 6.97. The molecule has 1 fully saturated rings. The Hall–Kier alpha value is -3.76. The van der Waals surface area contributed by atoms with Gasteiger partial charge in [-0.1, -0.05) is 41.7 Å². The Morgan fingerprint density at radius 1 is 1.06 bits per heavy atom. The molecule has 0 spiro atoms. The van der Waals surface area contributed by atoms with E-state index in [-0.39, 0.29) is 12.1 Å². The fraction of sp³-hybridized carbons (Fsp3) is 0.308. The van der Waals surface area contributed by atoms with Gasteiger partial charge < -0.3 is 20.8 Å². The second-order valence-corrected chi connectivity index (χ2v) is 10.0. The van der Waals surface area contributed by atoms with E-state index in [2.05, 4.69) is 27.8 Å². The molecule has 0 radical (unpaired) electrons. The van der Waals surface area contributed by atoms with Gasteiger partial charge in [0.1, 0.15) is 5.82 Å². The lowest BCUT2D eigenvalue weighted by atomic mass is 9.93. The molecule has 0 unspecified atom stereocenters. The highest BCUT2D eigenvalue weighted by Gasteiger charge is 2.20. The first-order valence-corrected chi connectivity index (χ1v) is 12.8. The zero-order valence-corrected chi connectivity index (χ0v) is 20.7. The van der Waals surface area contributed by atoms with Crippen molar-refractivity contribution in [3.63, 3.8) is 0 Å². The normalized spacial score (nSPS) is 17.6. The van der Waals surface area contributed by atoms with E-state index in [9.17, 15) is 15.0 Å². The number of nitrogens with zero attached hydrogens (tertiary/aromatic N) is 4. The van der Waals surface area contributed by atoms with E-state index in [1.54, 1.807) is 6.07 Å². The van der Waals surface area contributed by atoms with Gasteiger partial charge in [0.05, 0.1) is 22.0 Å². The van der Waals surface area contributed by atoms with Crippen LogP contribution in [0, 0.1) is 0 Å². The predicted molar refractivity (Wildman–Crippen MR) is 142 cm³/mol. The molecule has 0 atom stereocenters. The van der Waals surface area contributed by atoms with Crippen LogP contribution < -0.4 is 15.5 Å². The van der Waals surface area contributed by atoms with E-state index < -0.39 is 6.09 Å². The Labute approximate surface area is 212 Å². The summed E-state index contributed by atoms with van der Waals surface area (Å²) in [6, 6.07) is 17.7. The van der Waals surface area contributed by atoms with Gasteiger partial charge in [-0.15, -0.1) is 0 Å². The van der Waals surface area contributed by atoms with Gasteiger partial charge in [0, 0.05) is 31.3 Å². The van der Waals surface area contributed by atoms with Gasteiger partial charge in [-0.2, -0.15) is 4.98 Å². The van der Waals surface area contributed by atoms with Gasteiger partial charge in [-0.05, 0) is 49.4 Å². The SMILES string of the molecule is CN(C(=O)O)c1ccc2nc(Nc3cc(Cc4ccccc4)nc(N[C@H]4CC[C@H](O)CC4)n3)sc2c1. The molecule has 36 heavy (non-hydrogen) atoms. The van der Waals surface area contributed by atoms with Crippen LogP contribution in [0.1, 0.15) is 36.9 Å². The van der Waals surface area contributed by atoms with Crippen molar-refractivity contribution in [2.75, 3.05) is 22.6 Å². The Balaban J connectivity index is 1.41. The monoisotopic (exact) mass is 504 g/mol. The van der Waals surface area contributed by atoms with E-state index in [4.69, 9.17) is 9.97 Å². The van der Waals surface area contributed by atoms with Crippen molar-refractivity contribution in [2.45, 2.75) is 44.2 Å². The van der Waals surface area contributed by atoms with Crippen LogP contribution in [0.5, 0.6) is 0 Å². The molecular weight excluding hydrogens is 476 g/mol. The molecule has 2 aromatic carbocycles. The lowest BCUT2D eigenvalue weighted by molar-refractivity contribution is 0.126. The van der Waals surface area contributed by atoms with Crippen LogP contribution in [-0.4, -0.2) is 50.5 Å². The average molecular weight is 505 g/mol. The predicted octanol–water partition coefficient (Wildman–Crippen LogP) is 5.25. The lowest BCUT2D eigenvalue weighted by Gasteiger charge is -2.26. The third kappa shape index (κ3) is 5.72. The number of anilines is 4. The molecule has 0 bridgehead atoms. The maximum atomic E-state index is 11.3. The van der Waals surface area contributed by atoms with E-state index in [1.165, 1.54) is 23.3 Å². The number of nitrogens with one attached hydrogen (secondary N) is 2. The van der Waals surface area contributed by atoms with Crippen LogP contribution in [-0.2, 0) is 6.42 Å². The summed E-state index contributed by atoms with van der Waals surface area (Å²) in [7, 11) is 1.51. The molecule has 2 aromatic heterocycles. The molecule has 4 N–H and O–H groups in total. The second kappa shape index (κ2) is 10.5. The van der Waals surface area contributed by atoms with Gasteiger partial charge >= 0.3 is 6.09 Å². The average Bonchev–Trinajstić information content (AvgIpc) is 3.27. The first kappa shape index (κ1) is 24.0. The second-order valence-electron chi connectivity index (χ2n) is 9.02. The number of rotatable bonds is 7. The van der Waals surface area contributed by atoms with Crippen LogP contribution in [0.3, 0.4) is 0 Å². The standard InChI is InChI=1S/C26H28N6O3S/c1-32(26(34)35)19-9-12-21-22(15-19)36-25(29-21)31-23-14-18(13-16-5-3-2-4-6-16)28-24(30-23)27-17-7-10-20(33)11-8-17/h2-6,9,12,14-15,17,20,33H,7-8,10-11,13H2,1H3,(H,34,35)(H2,27,28,29,30,31)/t17-,20-. The number of thiazole rings is 1. The van der Waals surface area contributed by atoms with Crippen molar-refractivity contribution < 1.29 is 15.0 Å². The molecule has 0 saturated heterocycles. The third-order valence-electron chi connectivity index (χ3n) is 6.32.